The van der Waals surface area contributed by atoms with Crippen molar-refractivity contribution in [3.8, 4) is 17.1 Å². The molecule has 0 bridgehead atoms. The van der Waals surface area contributed by atoms with Gasteiger partial charge in [-0.15, -0.1) is 0 Å². The summed E-state index contributed by atoms with van der Waals surface area (Å²) in [5.41, 5.74) is 7.00. The quantitative estimate of drug-likeness (QED) is 0.436. The Bertz CT molecular complexity index is 1260. The topological polar surface area (TPSA) is 39.0 Å². The lowest BCUT2D eigenvalue weighted by molar-refractivity contribution is -0.645. The Kier molecular flexibility index (Phi) is 2.34. The van der Waals surface area contributed by atoms with Gasteiger partial charge in [0.25, 0.3) is 11.5 Å². The number of aromatic nitrogens is 5. The largest absolute Gasteiger partial charge is 0.298 e. The van der Waals surface area contributed by atoms with Gasteiger partial charge >= 0.3 is 0 Å². The Morgan fingerprint density at radius 2 is 1.88 bits per heavy atom. The normalized spacial score (nSPS) is 12.6. The zero-order chi connectivity index (χ0) is 16.4. The monoisotopic (exact) mass is 324 g/mol. The predicted molar refractivity (Wildman–Crippen MR) is 94.6 cm³/mol. The minimum atomic E-state index is 0.862. The van der Waals surface area contributed by atoms with Crippen molar-refractivity contribution in [2.75, 3.05) is 0 Å². The molecule has 5 nitrogen and oxygen atoms in total. The van der Waals surface area contributed by atoms with Crippen molar-refractivity contribution in [3.63, 3.8) is 0 Å². The smallest absolute Gasteiger partial charge is 0.264 e. The Morgan fingerprint density at radius 1 is 0.960 bits per heavy atom. The molecule has 6 rings (SSSR count). The summed E-state index contributed by atoms with van der Waals surface area (Å²) in [4.78, 5) is 4.36. The van der Waals surface area contributed by atoms with Crippen molar-refractivity contribution in [3.05, 3.63) is 78.8 Å². The van der Waals surface area contributed by atoms with Crippen LogP contribution in [0.1, 0.15) is 5.56 Å². The van der Waals surface area contributed by atoms with Gasteiger partial charge in [0.05, 0.1) is 11.1 Å². The molecule has 0 saturated carbocycles. The Hall–Kier alpha value is -3.47. The van der Waals surface area contributed by atoms with Crippen molar-refractivity contribution < 1.29 is 4.57 Å². The van der Waals surface area contributed by atoms with Crippen LogP contribution in [0.4, 0.5) is 0 Å². The number of para-hydroxylation sites is 1. The first kappa shape index (κ1) is 12.9. The van der Waals surface area contributed by atoms with E-state index in [9.17, 15) is 0 Å². The number of benzene rings is 1. The summed E-state index contributed by atoms with van der Waals surface area (Å²) in [5.74, 6) is 1.17. The zero-order valence-corrected chi connectivity index (χ0v) is 13.4. The summed E-state index contributed by atoms with van der Waals surface area (Å²) in [7, 11) is 0. The molecule has 0 atom stereocenters. The molecule has 25 heavy (non-hydrogen) atoms. The van der Waals surface area contributed by atoms with Crippen LogP contribution < -0.4 is 4.57 Å². The first-order valence-corrected chi connectivity index (χ1v) is 8.31. The van der Waals surface area contributed by atoms with Crippen LogP contribution in [0.25, 0.3) is 33.8 Å². The molecule has 0 fully saturated rings. The molecule has 5 heterocycles. The van der Waals surface area contributed by atoms with E-state index in [0.717, 1.165) is 23.4 Å². The first-order valence-electron chi connectivity index (χ1n) is 8.31. The van der Waals surface area contributed by atoms with Crippen LogP contribution in [-0.2, 0) is 6.54 Å². The Balaban J connectivity index is 1.84. The predicted octanol–water partition coefficient (Wildman–Crippen LogP) is 2.99. The van der Waals surface area contributed by atoms with Crippen LogP contribution in [-0.4, -0.2) is 19.2 Å². The highest BCUT2D eigenvalue weighted by atomic mass is 15.3. The second-order valence-corrected chi connectivity index (χ2v) is 6.33. The van der Waals surface area contributed by atoms with E-state index in [1.165, 1.54) is 22.5 Å². The van der Waals surface area contributed by atoms with Gasteiger partial charge in [0.1, 0.15) is 12.2 Å². The van der Waals surface area contributed by atoms with Gasteiger partial charge in [-0.25, -0.2) is 4.57 Å². The molecule has 118 valence electrons. The summed E-state index contributed by atoms with van der Waals surface area (Å²) < 4.78 is 6.68. The number of imidazole rings is 1. The highest BCUT2D eigenvalue weighted by Crippen LogP contribution is 2.34. The fourth-order valence-corrected chi connectivity index (χ4v) is 3.91. The lowest BCUT2D eigenvalue weighted by Crippen LogP contribution is -2.31. The maximum atomic E-state index is 4.59. The van der Waals surface area contributed by atoms with Gasteiger partial charge in [-0.1, -0.05) is 18.2 Å². The minimum Gasteiger partial charge on any atom is -0.264 e. The number of nitrogens with zero attached hydrogens (tertiary/aromatic N) is 5. The number of pyridine rings is 1. The summed E-state index contributed by atoms with van der Waals surface area (Å²) in [6, 6.07) is 18.8. The molecule has 0 N–H and O–H groups in total. The van der Waals surface area contributed by atoms with Crippen LogP contribution in [0.3, 0.4) is 0 Å². The molecule has 0 radical (unpaired) electrons. The fourth-order valence-electron chi connectivity index (χ4n) is 3.91. The second kappa shape index (κ2) is 4.54. The van der Waals surface area contributed by atoms with Gasteiger partial charge in [0.2, 0.25) is 0 Å². The van der Waals surface area contributed by atoms with Crippen LogP contribution in [0.5, 0.6) is 0 Å². The van der Waals surface area contributed by atoms with E-state index >= 15 is 0 Å². The van der Waals surface area contributed by atoms with E-state index < -0.39 is 0 Å². The van der Waals surface area contributed by atoms with Crippen LogP contribution >= 0.6 is 0 Å². The van der Waals surface area contributed by atoms with Gasteiger partial charge in [0.15, 0.2) is 5.52 Å². The first-order chi connectivity index (χ1) is 12.4. The summed E-state index contributed by atoms with van der Waals surface area (Å²) >= 11 is 0. The van der Waals surface area contributed by atoms with Crippen molar-refractivity contribution in [1.82, 2.24) is 19.2 Å². The van der Waals surface area contributed by atoms with Crippen LogP contribution in [0.2, 0.25) is 0 Å². The van der Waals surface area contributed by atoms with Gasteiger partial charge in [0, 0.05) is 30.2 Å². The van der Waals surface area contributed by atoms with Crippen LogP contribution in [0, 0.1) is 0 Å². The van der Waals surface area contributed by atoms with Gasteiger partial charge in [-0.05, 0) is 30.3 Å². The van der Waals surface area contributed by atoms with Gasteiger partial charge in [-0.3, -0.25) is 4.98 Å². The third-order valence-corrected chi connectivity index (χ3v) is 4.96. The molecule has 0 amide bonds. The molecule has 0 spiro atoms. The third kappa shape index (κ3) is 1.59. The number of rotatable bonds is 1. The summed E-state index contributed by atoms with van der Waals surface area (Å²) in [6.07, 6.45) is 5.67. The maximum Gasteiger partial charge on any atom is 0.298 e. The number of hydrogen-bond donors (Lipinski definition) is 0. The highest BCUT2D eigenvalue weighted by Gasteiger charge is 2.37. The lowest BCUT2D eigenvalue weighted by atomic mass is 10.2. The molecular formula is C20H14N5+. The van der Waals surface area contributed by atoms with E-state index in [1.54, 1.807) is 0 Å². The van der Waals surface area contributed by atoms with E-state index in [0.29, 0.717) is 0 Å². The highest BCUT2D eigenvalue weighted by molar-refractivity contribution is 5.84. The molecule has 1 aliphatic rings. The fraction of sp³-hybridized carbons (Fsp3) is 0.0500. The van der Waals surface area contributed by atoms with Crippen molar-refractivity contribution in [2.24, 2.45) is 0 Å². The van der Waals surface area contributed by atoms with E-state index in [4.69, 9.17) is 0 Å². The average Bonchev–Trinajstić information content (AvgIpc) is 3.30. The van der Waals surface area contributed by atoms with Crippen LogP contribution in [0.15, 0.2) is 73.2 Å². The van der Waals surface area contributed by atoms with E-state index in [2.05, 4.69) is 61.7 Å². The molecule has 0 unspecified atom stereocenters. The number of hydrogen-bond acceptors (Lipinski definition) is 2. The SMILES string of the molecule is c1ccc(-n2c3[n+](c4cc5cccnn5c42)Cc2ccncc2-3)cc1. The van der Waals surface area contributed by atoms with Gasteiger partial charge in [-0.2, -0.15) is 14.2 Å². The molecule has 0 saturated heterocycles. The lowest BCUT2D eigenvalue weighted by Gasteiger charge is -2.02. The molecule has 4 aromatic heterocycles. The number of fused-ring (bicyclic) bond motifs is 7. The standard InChI is InChI=1S/C20H14N5/c1-2-5-15(6-3-1)24-19-17-12-21-10-8-14(17)13-23(19)18-11-16-7-4-9-22-25(16)20(18)24/h1-12H,13H2/q+1. The third-order valence-electron chi connectivity index (χ3n) is 4.96. The van der Waals surface area contributed by atoms with Crippen molar-refractivity contribution in [2.45, 2.75) is 6.54 Å². The zero-order valence-electron chi connectivity index (χ0n) is 13.4. The maximum absolute atomic E-state index is 4.59. The molecule has 0 aliphatic carbocycles. The second-order valence-electron chi connectivity index (χ2n) is 6.33. The van der Waals surface area contributed by atoms with Crippen molar-refractivity contribution >= 4 is 16.7 Å². The van der Waals surface area contributed by atoms with E-state index in [-0.39, 0.29) is 0 Å². The molecular weight excluding hydrogens is 310 g/mol. The van der Waals surface area contributed by atoms with Crippen molar-refractivity contribution in [1.29, 1.82) is 0 Å². The molecule has 1 aromatic carbocycles. The van der Waals surface area contributed by atoms with Gasteiger partial charge < -0.3 is 0 Å². The summed E-state index contributed by atoms with van der Waals surface area (Å²) in [5, 5.41) is 4.59. The molecule has 5 heteroatoms. The Labute approximate surface area is 143 Å². The van der Waals surface area contributed by atoms with E-state index in [1.807, 2.05) is 35.2 Å². The Morgan fingerprint density at radius 3 is 2.80 bits per heavy atom. The molecule has 5 aromatic rings. The minimum absolute atomic E-state index is 0.862. The average molecular weight is 324 g/mol. The summed E-state index contributed by atoms with van der Waals surface area (Å²) in [6.45, 7) is 0.862. The molecule has 1 aliphatic heterocycles.